The third kappa shape index (κ3) is 2.29. The molecule has 4 heteroatoms. The molecule has 2 aromatic rings. The first-order chi connectivity index (χ1) is 9.56. The molecule has 1 aliphatic carbocycles. The third-order valence-electron chi connectivity index (χ3n) is 4.02. The zero-order chi connectivity index (χ0) is 14.3. The summed E-state index contributed by atoms with van der Waals surface area (Å²) in [4.78, 5) is 12.2. The first kappa shape index (κ1) is 13.4. The van der Waals surface area contributed by atoms with E-state index in [1.54, 1.807) is 10.8 Å². The minimum atomic E-state index is -0.0304. The molecule has 0 unspecified atom stereocenters. The molecule has 20 heavy (non-hydrogen) atoms. The van der Waals surface area contributed by atoms with E-state index < -0.39 is 0 Å². The van der Waals surface area contributed by atoms with Gasteiger partial charge in [-0.15, -0.1) is 0 Å². The number of nitrogens with zero attached hydrogens (tertiary/aromatic N) is 1. The number of aromatic nitrogens is 1. The molecule has 0 bridgehead atoms. The van der Waals surface area contributed by atoms with Gasteiger partial charge >= 0.3 is 0 Å². The Morgan fingerprint density at radius 3 is 2.85 bits per heavy atom. The minimum Gasteiger partial charge on any atom is -0.397 e. The predicted molar refractivity (Wildman–Crippen MR) is 85.1 cm³/mol. The van der Waals surface area contributed by atoms with Gasteiger partial charge in [-0.2, -0.15) is 0 Å². The zero-order valence-corrected chi connectivity index (χ0v) is 13.0. The van der Waals surface area contributed by atoms with Crippen molar-refractivity contribution in [3.05, 3.63) is 61.5 Å². The van der Waals surface area contributed by atoms with Gasteiger partial charge in [0.2, 0.25) is 0 Å². The van der Waals surface area contributed by atoms with Gasteiger partial charge in [-0.3, -0.25) is 4.79 Å². The van der Waals surface area contributed by atoms with E-state index >= 15 is 0 Å². The predicted octanol–water partition coefficient (Wildman–Crippen LogP) is 3.04. The van der Waals surface area contributed by atoms with Crippen molar-refractivity contribution in [2.45, 2.75) is 32.7 Å². The second-order valence-corrected chi connectivity index (χ2v) is 6.21. The summed E-state index contributed by atoms with van der Waals surface area (Å²) in [6.07, 6.45) is 5.30. The lowest BCUT2D eigenvalue weighted by molar-refractivity contribution is 0.753. The maximum atomic E-state index is 12.2. The number of fused-ring (bicyclic) bond motifs is 1. The van der Waals surface area contributed by atoms with Crippen LogP contribution >= 0.6 is 15.9 Å². The summed E-state index contributed by atoms with van der Waals surface area (Å²) in [6.45, 7) is 2.41. The number of anilines is 1. The lowest BCUT2D eigenvalue weighted by Crippen LogP contribution is -2.22. The van der Waals surface area contributed by atoms with E-state index in [0.717, 1.165) is 17.5 Å². The van der Waals surface area contributed by atoms with Crippen molar-refractivity contribution < 1.29 is 0 Å². The molecule has 1 heterocycles. The highest BCUT2D eigenvalue weighted by Gasteiger charge is 2.12. The highest BCUT2D eigenvalue weighted by molar-refractivity contribution is 9.10. The van der Waals surface area contributed by atoms with E-state index in [0.29, 0.717) is 16.7 Å². The van der Waals surface area contributed by atoms with E-state index in [1.165, 1.54) is 24.0 Å². The fraction of sp³-hybridized carbons (Fsp3) is 0.312. The Bertz CT molecular complexity index is 734. The summed E-state index contributed by atoms with van der Waals surface area (Å²) in [5, 5.41) is 0. The van der Waals surface area contributed by atoms with E-state index in [-0.39, 0.29) is 5.56 Å². The third-order valence-corrected chi connectivity index (χ3v) is 4.96. The molecule has 0 atom stereocenters. The molecular weight excluding hydrogens is 316 g/mol. The van der Waals surface area contributed by atoms with E-state index in [4.69, 9.17) is 5.73 Å². The Kier molecular flexibility index (Phi) is 3.42. The largest absolute Gasteiger partial charge is 0.397 e. The van der Waals surface area contributed by atoms with E-state index in [1.807, 2.05) is 6.92 Å². The van der Waals surface area contributed by atoms with Crippen molar-refractivity contribution >= 4 is 21.6 Å². The first-order valence-corrected chi connectivity index (χ1v) is 7.61. The normalized spacial score (nSPS) is 13.5. The Morgan fingerprint density at radius 1 is 1.30 bits per heavy atom. The van der Waals surface area contributed by atoms with Crippen LogP contribution in [0.5, 0.6) is 0 Å². The summed E-state index contributed by atoms with van der Waals surface area (Å²) in [7, 11) is 0. The second-order valence-electron chi connectivity index (χ2n) is 5.41. The van der Waals surface area contributed by atoms with Crippen molar-refractivity contribution in [2.24, 2.45) is 0 Å². The van der Waals surface area contributed by atoms with Gasteiger partial charge < -0.3 is 10.3 Å². The van der Waals surface area contributed by atoms with Gasteiger partial charge in [-0.1, -0.05) is 18.2 Å². The average Bonchev–Trinajstić information content (AvgIpc) is 2.90. The zero-order valence-electron chi connectivity index (χ0n) is 11.4. The van der Waals surface area contributed by atoms with Crippen LogP contribution in [0.25, 0.3) is 0 Å². The summed E-state index contributed by atoms with van der Waals surface area (Å²) in [5.41, 5.74) is 11.4. The van der Waals surface area contributed by atoms with Gasteiger partial charge in [-0.25, -0.2) is 0 Å². The highest BCUT2D eigenvalue weighted by Crippen LogP contribution is 2.23. The van der Waals surface area contributed by atoms with Crippen molar-refractivity contribution in [3.8, 4) is 0 Å². The Labute approximate surface area is 126 Å². The number of hydrogen-bond acceptors (Lipinski definition) is 2. The van der Waals surface area contributed by atoms with Crippen LogP contribution in [0, 0.1) is 6.92 Å². The molecule has 0 saturated heterocycles. The number of aryl methyl sites for hydroxylation is 2. The summed E-state index contributed by atoms with van der Waals surface area (Å²) in [6, 6.07) is 6.52. The molecule has 1 aromatic heterocycles. The first-order valence-electron chi connectivity index (χ1n) is 6.82. The van der Waals surface area contributed by atoms with Crippen LogP contribution in [0.4, 0.5) is 5.69 Å². The van der Waals surface area contributed by atoms with Crippen molar-refractivity contribution in [2.75, 3.05) is 5.73 Å². The number of hydrogen-bond donors (Lipinski definition) is 1. The van der Waals surface area contributed by atoms with Crippen LogP contribution in [0.1, 0.15) is 28.7 Å². The Morgan fingerprint density at radius 2 is 2.05 bits per heavy atom. The van der Waals surface area contributed by atoms with Crippen LogP contribution in [-0.2, 0) is 19.4 Å². The fourth-order valence-electron chi connectivity index (χ4n) is 2.77. The van der Waals surface area contributed by atoms with Gasteiger partial charge in [0.05, 0.1) is 16.7 Å². The van der Waals surface area contributed by atoms with Gasteiger partial charge in [0.15, 0.2) is 0 Å². The number of benzene rings is 1. The molecule has 0 radical (unpaired) electrons. The quantitative estimate of drug-likeness (QED) is 0.918. The molecule has 1 aliphatic rings. The fourth-order valence-corrected chi connectivity index (χ4v) is 3.23. The summed E-state index contributed by atoms with van der Waals surface area (Å²) in [5.74, 6) is 0. The number of nitrogen functional groups attached to an aromatic ring is 1. The van der Waals surface area contributed by atoms with Crippen LogP contribution in [-0.4, -0.2) is 4.57 Å². The van der Waals surface area contributed by atoms with Crippen molar-refractivity contribution in [1.29, 1.82) is 0 Å². The molecule has 2 N–H and O–H groups in total. The molecule has 3 nitrogen and oxygen atoms in total. The molecule has 0 aliphatic heterocycles. The van der Waals surface area contributed by atoms with Crippen molar-refractivity contribution in [3.63, 3.8) is 0 Å². The Hall–Kier alpha value is -1.55. The molecule has 0 saturated carbocycles. The summed E-state index contributed by atoms with van der Waals surface area (Å²) < 4.78 is 2.22. The molecule has 0 spiro atoms. The molecule has 1 aromatic carbocycles. The van der Waals surface area contributed by atoms with Gasteiger partial charge in [-0.05, 0) is 64.4 Å². The maximum absolute atomic E-state index is 12.2. The standard InChI is InChI=1S/C16H17BrN2O/c1-10-14(18)9-19(16(20)15(10)17)8-11-5-6-12-3-2-4-13(12)7-11/h5-7,9H,2-4,8,18H2,1H3. The number of nitrogens with two attached hydrogens (primary N) is 1. The SMILES string of the molecule is Cc1c(N)cn(Cc2ccc3c(c2)CCC3)c(=O)c1Br. The van der Waals surface area contributed by atoms with Crippen LogP contribution in [0.3, 0.4) is 0 Å². The van der Waals surface area contributed by atoms with Gasteiger partial charge in [0.25, 0.3) is 5.56 Å². The maximum Gasteiger partial charge on any atom is 0.265 e. The topological polar surface area (TPSA) is 48.0 Å². The molecule has 0 amide bonds. The average molecular weight is 333 g/mol. The number of rotatable bonds is 2. The lowest BCUT2D eigenvalue weighted by Gasteiger charge is -2.11. The molecule has 0 fully saturated rings. The van der Waals surface area contributed by atoms with E-state index in [2.05, 4.69) is 34.1 Å². The van der Waals surface area contributed by atoms with Crippen LogP contribution in [0.2, 0.25) is 0 Å². The van der Waals surface area contributed by atoms with E-state index in [9.17, 15) is 4.79 Å². The molecule has 104 valence electrons. The highest BCUT2D eigenvalue weighted by atomic mass is 79.9. The van der Waals surface area contributed by atoms with Crippen molar-refractivity contribution in [1.82, 2.24) is 4.57 Å². The molecule has 3 rings (SSSR count). The smallest absolute Gasteiger partial charge is 0.265 e. The number of halogens is 1. The monoisotopic (exact) mass is 332 g/mol. The van der Waals surface area contributed by atoms with Crippen LogP contribution in [0.15, 0.2) is 33.7 Å². The minimum absolute atomic E-state index is 0.0304. The van der Waals surface area contributed by atoms with Gasteiger partial charge in [0.1, 0.15) is 0 Å². The van der Waals surface area contributed by atoms with Gasteiger partial charge in [0, 0.05) is 6.20 Å². The van der Waals surface area contributed by atoms with Crippen LogP contribution < -0.4 is 11.3 Å². The Balaban J connectivity index is 1.98. The summed E-state index contributed by atoms with van der Waals surface area (Å²) >= 11 is 3.33. The lowest BCUT2D eigenvalue weighted by atomic mass is 10.1. The molecular formula is C16H17BrN2O. The number of pyridine rings is 1. The second kappa shape index (κ2) is 5.09.